The van der Waals surface area contributed by atoms with Gasteiger partial charge in [-0.2, -0.15) is 4.39 Å². The van der Waals surface area contributed by atoms with E-state index in [1.54, 1.807) is 11.0 Å². The molecule has 43 heavy (non-hydrogen) atoms. The fraction of sp³-hybridized carbons (Fsp3) is 0.400. The van der Waals surface area contributed by atoms with E-state index in [1.807, 2.05) is 0 Å². The Labute approximate surface area is 252 Å². The molecule has 3 N–H and O–H groups in total. The molecular formula is C30H33ClF2N6O4. The molecule has 1 atom stereocenters. The van der Waals surface area contributed by atoms with Gasteiger partial charge >= 0.3 is 0 Å². The van der Waals surface area contributed by atoms with Gasteiger partial charge in [-0.1, -0.05) is 11.6 Å². The number of nitrogens with one attached hydrogen (secondary N) is 3. The topological polar surface area (TPSA) is 118 Å². The van der Waals surface area contributed by atoms with Crippen LogP contribution < -0.4 is 20.7 Å². The molecule has 10 nitrogen and oxygen atoms in total. The maximum Gasteiger partial charge on any atom is 0.291 e. The van der Waals surface area contributed by atoms with Crippen LogP contribution in [0.25, 0.3) is 11.3 Å². The summed E-state index contributed by atoms with van der Waals surface area (Å²) < 4.78 is 35.0. The van der Waals surface area contributed by atoms with Gasteiger partial charge in [0.25, 0.3) is 11.8 Å². The van der Waals surface area contributed by atoms with Gasteiger partial charge in [0.05, 0.1) is 29.6 Å². The summed E-state index contributed by atoms with van der Waals surface area (Å²) in [6.07, 6.45) is 3.48. The zero-order valence-electron chi connectivity index (χ0n) is 23.9. The van der Waals surface area contributed by atoms with E-state index in [4.69, 9.17) is 16.3 Å². The van der Waals surface area contributed by atoms with Crippen LogP contribution in [0.15, 0.2) is 36.5 Å². The number of amides is 3. The quantitative estimate of drug-likeness (QED) is 0.355. The van der Waals surface area contributed by atoms with Crippen LogP contribution in [0.3, 0.4) is 0 Å². The molecule has 3 heterocycles. The third kappa shape index (κ3) is 6.50. The number of ether oxygens (including phenoxy) is 1. The van der Waals surface area contributed by atoms with Crippen molar-refractivity contribution >= 4 is 35.0 Å². The largest absolute Gasteiger partial charge is 0.494 e. The maximum atomic E-state index is 14.6. The second kappa shape index (κ2) is 13.1. The first-order valence-electron chi connectivity index (χ1n) is 14.1. The highest BCUT2D eigenvalue weighted by molar-refractivity contribution is 6.34. The molecule has 2 aromatic carbocycles. The molecule has 0 bridgehead atoms. The lowest BCUT2D eigenvalue weighted by atomic mass is 9.95. The number of rotatable bonds is 8. The molecule has 1 aromatic heterocycles. The first-order valence-corrected chi connectivity index (χ1v) is 14.5. The van der Waals surface area contributed by atoms with E-state index in [0.717, 1.165) is 19.5 Å². The van der Waals surface area contributed by atoms with Crippen molar-refractivity contribution in [1.82, 2.24) is 25.1 Å². The molecule has 0 radical (unpaired) electrons. The normalized spacial score (nSPS) is 17.1. The molecule has 0 aliphatic carbocycles. The number of benzene rings is 2. The first kappa shape index (κ1) is 30.4. The average Bonchev–Trinajstić information content (AvgIpc) is 3.67. The van der Waals surface area contributed by atoms with Crippen molar-refractivity contribution in [1.29, 1.82) is 0 Å². The van der Waals surface area contributed by atoms with Gasteiger partial charge in [0.2, 0.25) is 11.7 Å². The number of piperidine rings is 1. The van der Waals surface area contributed by atoms with Crippen molar-refractivity contribution in [3.05, 3.63) is 64.6 Å². The van der Waals surface area contributed by atoms with Crippen LogP contribution in [0.5, 0.6) is 5.75 Å². The number of carbonyl (C=O) groups excluding carboxylic acids is 3. The average molecular weight is 615 g/mol. The van der Waals surface area contributed by atoms with E-state index in [0.29, 0.717) is 44.1 Å². The summed E-state index contributed by atoms with van der Waals surface area (Å²) in [6, 6.07) is 7.19. The Morgan fingerprint density at radius 1 is 1.12 bits per heavy atom. The number of halogens is 3. The molecule has 228 valence electrons. The van der Waals surface area contributed by atoms with Gasteiger partial charge in [0.1, 0.15) is 0 Å². The van der Waals surface area contributed by atoms with Crippen LogP contribution in [0, 0.1) is 23.5 Å². The number of aromatic nitrogens is 2. The predicted molar refractivity (Wildman–Crippen MR) is 157 cm³/mol. The lowest BCUT2D eigenvalue weighted by molar-refractivity contribution is -0.126. The van der Waals surface area contributed by atoms with Crippen LogP contribution in [-0.4, -0.2) is 72.0 Å². The van der Waals surface area contributed by atoms with Gasteiger partial charge in [-0.3, -0.25) is 14.4 Å². The van der Waals surface area contributed by atoms with E-state index in [9.17, 15) is 23.2 Å². The number of methoxy groups -OCH3 is 1. The highest BCUT2D eigenvalue weighted by Gasteiger charge is 2.29. The summed E-state index contributed by atoms with van der Waals surface area (Å²) in [6.45, 7) is 3.47. The van der Waals surface area contributed by atoms with Crippen molar-refractivity contribution in [2.75, 3.05) is 45.2 Å². The smallest absolute Gasteiger partial charge is 0.291 e. The number of nitrogens with zero attached hydrogens (tertiary/aromatic N) is 3. The number of carbonyl (C=O) groups is 3. The molecule has 2 saturated heterocycles. The van der Waals surface area contributed by atoms with Gasteiger partial charge in [0, 0.05) is 43.9 Å². The Balaban J connectivity index is 1.19. The van der Waals surface area contributed by atoms with Gasteiger partial charge in [-0.25, -0.2) is 9.37 Å². The summed E-state index contributed by atoms with van der Waals surface area (Å²) in [5.74, 6) is -3.02. The molecule has 0 spiro atoms. The van der Waals surface area contributed by atoms with Crippen LogP contribution in [0.2, 0.25) is 5.02 Å². The van der Waals surface area contributed by atoms with Crippen LogP contribution >= 0.6 is 11.6 Å². The molecule has 2 aliphatic rings. The van der Waals surface area contributed by atoms with Gasteiger partial charge in [0.15, 0.2) is 17.4 Å². The number of imidazole rings is 1. The minimum absolute atomic E-state index is 0.0401. The van der Waals surface area contributed by atoms with E-state index in [1.165, 1.54) is 49.2 Å². The highest BCUT2D eigenvalue weighted by Crippen LogP contribution is 2.30. The lowest BCUT2D eigenvalue weighted by Crippen LogP contribution is -2.44. The van der Waals surface area contributed by atoms with Gasteiger partial charge in [-0.15, -0.1) is 0 Å². The molecule has 1 unspecified atom stereocenters. The number of likely N-dealkylation sites (tertiary alicyclic amines) is 1. The molecule has 2 fully saturated rings. The zero-order chi connectivity index (χ0) is 30.7. The zero-order valence-corrected chi connectivity index (χ0v) is 24.6. The predicted octanol–water partition coefficient (Wildman–Crippen LogP) is 3.86. The number of hydrogen-bond acceptors (Lipinski definition) is 6. The third-order valence-corrected chi connectivity index (χ3v) is 8.38. The number of anilines is 1. The Bertz CT molecular complexity index is 1530. The van der Waals surface area contributed by atoms with Crippen molar-refractivity contribution in [2.45, 2.75) is 19.3 Å². The molecule has 5 rings (SSSR count). The minimum atomic E-state index is -1.14. The van der Waals surface area contributed by atoms with E-state index in [2.05, 4.69) is 20.9 Å². The van der Waals surface area contributed by atoms with Crippen molar-refractivity contribution in [2.24, 2.45) is 18.9 Å². The maximum absolute atomic E-state index is 14.6. The SMILES string of the molecule is COc1ccc(-c2cnc(C(=O)Nc3ccc(C(=O)N4CCC(C(=O)NCC5CCNC5)CC4)c(Cl)c3)n2C)c(F)c1F. The summed E-state index contributed by atoms with van der Waals surface area (Å²) in [4.78, 5) is 44.5. The third-order valence-electron chi connectivity index (χ3n) is 8.07. The fourth-order valence-electron chi connectivity index (χ4n) is 5.50. The minimum Gasteiger partial charge on any atom is -0.494 e. The summed E-state index contributed by atoms with van der Waals surface area (Å²) in [5.41, 5.74) is 0.721. The van der Waals surface area contributed by atoms with Gasteiger partial charge in [-0.05, 0) is 68.6 Å². The van der Waals surface area contributed by atoms with Crippen LogP contribution in [0.4, 0.5) is 14.5 Å². The van der Waals surface area contributed by atoms with Crippen molar-refractivity contribution in [3.8, 4) is 17.0 Å². The van der Waals surface area contributed by atoms with Crippen LogP contribution in [-0.2, 0) is 11.8 Å². The molecule has 2 aliphatic heterocycles. The van der Waals surface area contributed by atoms with Crippen LogP contribution in [0.1, 0.15) is 40.2 Å². The number of hydrogen-bond donors (Lipinski definition) is 3. The molecule has 0 saturated carbocycles. The standard InChI is InChI=1S/C30H33ClF2N6O4/c1-38-23(21-5-6-24(43-2)26(33)25(21)32)16-35-27(38)29(41)37-19-3-4-20(22(31)13-19)30(42)39-11-8-18(9-12-39)28(40)36-15-17-7-10-34-14-17/h3-6,13,16-18,34H,7-12,14-15H2,1-2H3,(H,36,40)(H,37,41). The van der Waals surface area contributed by atoms with Crippen molar-refractivity contribution < 1.29 is 27.9 Å². The van der Waals surface area contributed by atoms with E-state index >= 15 is 0 Å². The molecule has 13 heteroatoms. The van der Waals surface area contributed by atoms with Crippen molar-refractivity contribution in [3.63, 3.8) is 0 Å². The Kier molecular flexibility index (Phi) is 9.26. The molecular weight excluding hydrogens is 582 g/mol. The lowest BCUT2D eigenvalue weighted by Gasteiger charge is -2.31. The Morgan fingerprint density at radius 2 is 1.88 bits per heavy atom. The summed E-state index contributed by atoms with van der Waals surface area (Å²) in [5, 5.41) is 9.18. The second-order valence-electron chi connectivity index (χ2n) is 10.8. The molecule has 3 amide bonds. The Hall–Kier alpha value is -4.03. The van der Waals surface area contributed by atoms with Gasteiger partial charge < -0.3 is 30.2 Å². The summed E-state index contributed by atoms with van der Waals surface area (Å²) >= 11 is 6.45. The fourth-order valence-corrected chi connectivity index (χ4v) is 5.77. The van der Waals surface area contributed by atoms with E-state index in [-0.39, 0.29) is 51.1 Å². The molecule has 3 aromatic rings. The monoisotopic (exact) mass is 614 g/mol. The first-order chi connectivity index (χ1) is 20.7. The summed E-state index contributed by atoms with van der Waals surface area (Å²) in [7, 11) is 2.74. The Morgan fingerprint density at radius 3 is 2.56 bits per heavy atom. The highest BCUT2D eigenvalue weighted by atomic mass is 35.5. The second-order valence-corrected chi connectivity index (χ2v) is 11.2. The van der Waals surface area contributed by atoms with E-state index < -0.39 is 17.5 Å².